The number of carbonyl (C=O) groups is 1. The molecule has 0 aliphatic carbocycles. The number of anilines is 1. The van der Waals surface area contributed by atoms with Crippen LogP contribution in [-0.2, 0) is 11.2 Å². The summed E-state index contributed by atoms with van der Waals surface area (Å²) in [5.41, 5.74) is 8.20. The lowest BCUT2D eigenvalue weighted by Crippen LogP contribution is -2.26. The fourth-order valence-corrected chi connectivity index (χ4v) is 4.47. The Morgan fingerprint density at radius 2 is 2.00 bits per heavy atom. The summed E-state index contributed by atoms with van der Waals surface area (Å²) in [5, 5.41) is 0.767. The minimum atomic E-state index is -0.439. The van der Waals surface area contributed by atoms with E-state index in [-0.39, 0.29) is 6.10 Å². The molecule has 0 bridgehead atoms. The van der Waals surface area contributed by atoms with Crippen LogP contribution in [0.1, 0.15) is 61.9 Å². The van der Waals surface area contributed by atoms with Crippen molar-refractivity contribution in [2.45, 2.75) is 58.5 Å². The molecule has 37 heavy (non-hydrogen) atoms. The van der Waals surface area contributed by atoms with E-state index in [4.69, 9.17) is 26.8 Å². The Balaban J connectivity index is 1.96. The highest BCUT2D eigenvalue weighted by Gasteiger charge is 2.15. The van der Waals surface area contributed by atoms with Crippen molar-refractivity contribution in [1.29, 1.82) is 0 Å². The highest BCUT2D eigenvalue weighted by Crippen LogP contribution is 2.30. The Labute approximate surface area is 233 Å². The molecule has 0 aromatic heterocycles. The normalized spacial score (nSPS) is 13.0. The van der Waals surface area contributed by atoms with Crippen LogP contribution in [0.15, 0.2) is 54.6 Å². The fraction of sp³-hybridized carbons (Fsp3) is 0.500. The zero-order chi connectivity index (χ0) is 27.0. The Hall–Kier alpha value is -2.15. The van der Waals surface area contributed by atoms with Crippen LogP contribution in [0.3, 0.4) is 0 Å². The highest BCUT2D eigenvalue weighted by atomic mass is 35.5. The third kappa shape index (κ3) is 11.4. The van der Waals surface area contributed by atoms with Crippen molar-refractivity contribution in [2.24, 2.45) is 11.7 Å². The molecular formula is C30H43ClN2O3S. The second-order valence-electron chi connectivity index (χ2n) is 9.43. The smallest absolute Gasteiger partial charge is 0.248 e. The molecule has 2 N–H and O–H groups in total. The number of carbonyl (C=O) groups excluding carboxylic acids is 1. The van der Waals surface area contributed by atoms with Gasteiger partial charge in [0.1, 0.15) is 5.75 Å². The van der Waals surface area contributed by atoms with E-state index >= 15 is 0 Å². The SMILES string of the molecule is CCN(CCC[C@H](/C=C/C[C@H](C)CS)OC)c1cc(C(N)=O)ccc1OCCCCc1cccc(Cl)c1. The Morgan fingerprint density at radius 3 is 2.68 bits per heavy atom. The molecule has 204 valence electrons. The molecule has 2 aromatic carbocycles. The van der Waals surface area contributed by atoms with Gasteiger partial charge in [0.2, 0.25) is 5.91 Å². The average Bonchev–Trinajstić information content (AvgIpc) is 2.89. The van der Waals surface area contributed by atoms with Gasteiger partial charge in [-0.25, -0.2) is 0 Å². The van der Waals surface area contributed by atoms with Gasteiger partial charge < -0.3 is 20.1 Å². The van der Waals surface area contributed by atoms with Gasteiger partial charge in [-0.15, -0.1) is 0 Å². The number of nitrogens with zero attached hydrogens (tertiary/aromatic N) is 1. The van der Waals surface area contributed by atoms with Crippen molar-refractivity contribution >= 4 is 35.8 Å². The molecule has 0 radical (unpaired) electrons. The van der Waals surface area contributed by atoms with Crippen LogP contribution in [0, 0.1) is 5.92 Å². The number of hydrogen-bond acceptors (Lipinski definition) is 5. The van der Waals surface area contributed by atoms with Crippen LogP contribution >= 0.6 is 24.2 Å². The maximum Gasteiger partial charge on any atom is 0.248 e. The van der Waals surface area contributed by atoms with E-state index in [0.717, 1.165) is 73.8 Å². The van der Waals surface area contributed by atoms with Crippen LogP contribution in [0.5, 0.6) is 5.75 Å². The van der Waals surface area contributed by atoms with Gasteiger partial charge in [-0.1, -0.05) is 42.8 Å². The first-order chi connectivity index (χ1) is 17.9. The highest BCUT2D eigenvalue weighted by molar-refractivity contribution is 7.80. The molecule has 2 atom stereocenters. The van der Waals surface area contributed by atoms with Crippen LogP contribution in [-0.4, -0.2) is 44.6 Å². The van der Waals surface area contributed by atoms with E-state index in [9.17, 15) is 4.79 Å². The second-order valence-corrected chi connectivity index (χ2v) is 10.2. The summed E-state index contributed by atoms with van der Waals surface area (Å²) in [7, 11) is 1.75. The summed E-state index contributed by atoms with van der Waals surface area (Å²) in [5.74, 6) is 1.77. The second kappa shape index (κ2) is 17.4. The number of thiol groups is 1. The molecule has 0 aliphatic rings. The summed E-state index contributed by atoms with van der Waals surface area (Å²) in [6.45, 7) is 6.52. The van der Waals surface area contributed by atoms with Crippen molar-refractivity contribution in [3.63, 3.8) is 0 Å². The van der Waals surface area contributed by atoms with Gasteiger partial charge in [0.15, 0.2) is 0 Å². The van der Waals surface area contributed by atoms with Crippen molar-refractivity contribution < 1.29 is 14.3 Å². The van der Waals surface area contributed by atoms with Crippen LogP contribution in [0.2, 0.25) is 5.02 Å². The van der Waals surface area contributed by atoms with Crippen LogP contribution in [0.4, 0.5) is 5.69 Å². The van der Waals surface area contributed by atoms with E-state index in [2.05, 4.69) is 49.6 Å². The van der Waals surface area contributed by atoms with Gasteiger partial charge >= 0.3 is 0 Å². The molecule has 0 spiro atoms. The number of halogens is 1. The van der Waals surface area contributed by atoms with Crippen molar-refractivity contribution in [3.8, 4) is 5.75 Å². The van der Waals surface area contributed by atoms with E-state index in [1.165, 1.54) is 5.56 Å². The quantitative estimate of drug-likeness (QED) is 0.120. The summed E-state index contributed by atoms with van der Waals surface area (Å²) >= 11 is 10.4. The van der Waals surface area contributed by atoms with Gasteiger partial charge in [0.25, 0.3) is 0 Å². The van der Waals surface area contributed by atoms with Gasteiger partial charge in [0.05, 0.1) is 18.4 Å². The molecular weight excluding hydrogens is 504 g/mol. The zero-order valence-electron chi connectivity index (χ0n) is 22.5. The Bertz CT molecular complexity index is 985. The molecule has 2 aromatic rings. The van der Waals surface area contributed by atoms with Gasteiger partial charge in [0, 0.05) is 30.8 Å². The van der Waals surface area contributed by atoms with E-state index in [1.54, 1.807) is 13.2 Å². The number of primary amides is 1. The Morgan fingerprint density at radius 1 is 1.19 bits per heavy atom. The van der Waals surface area contributed by atoms with Gasteiger partial charge in [-0.3, -0.25) is 4.79 Å². The van der Waals surface area contributed by atoms with Gasteiger partial charge in [-0.05, 0) is 93.0 Å². The minimum Gasteiger partial charge on any atom is -0.491 e. The monoisotopic (exact) mass is 546 g/mol. The maximum absolute atomic E-state index is 11.9. The maximum atomic E-state index is 11.9. The standard InChI is InChI=1S/C30H43ClN2O3S/c1-4-33(18-9-15-27(35-3)14-7-10-23(2)22-37)28-21-25(30(32)34)16-17-29(28)36-19-6-5-11-24-12-8-13-26(31)20-24/h7-8,12-14,16-17,20-21,23,27,37H,4-6,9-11,15,18-19,22H2,1-3H3,(H2,32,34)/b14-7+/t23-,27-/m0/s1. The van der Waals surface area contributed by atoms with Gasteiger partial charge in [-0.2, -0.15) is 12.6 Å². The molecule has 0 heterocycles. The summed E-state index contributed by atoms with van der Waals surface area (Å²) < 4.78 is 11.8. The van der Waals surface area contributed by atoms with E-state index in [1.807, 2.05) is 30.3 Å². The predicted molar refractivity (Wildman–Crippen MR) is 160 cm³/mol. The molecule has 2 rings (SSSR count). The lowest BCUT2D eigenvalue weighted by Gasteiger charge is -2.26. The Kier molecular flexibility index (Phi) is 14.6. The average molecular weight is 547 g/mol. The summed E-state index contributed by atoms with van der Waals surface area (Å²) in [6.07, 6.45) is 10.2. The lowest BCUT2D eigenvalue weighted by atomic mass is 10.1. The molecule has 0 unspecified atom stereocenters. The van der Waals surface area contributed by atoms with E-state index in [0.29, 0.717) is 18.1 Å². The number of allylic oxidation sites excluding steroid dienone is 1. The number of unbranched alkanes of at least 4 members (excludes halogenated alkanes) is 1. The number of benzene rings is 2. The van der Waals surface area contributed by atoms with Crippen molar-refractivity contribution in [1.82, 2.24) is 0 Å². The number of rotatable bonds is 18. The van der Waals surface area contributed by atoms with Crippen LogP contribution < -0.4 is 15.4 Å². The molecule has 0 saturated heterocycles. The van der Waals surface area contributed by atoms with Crippen molar-refractivity contribution in [3.05, 3.63) is 70.8 Å². The van der Waals surface area contributed by atoms with Crippen LogP contribution in [0.25, 0.3) is 0 Å². The molecule has 7 heteroatoms. The molecule has 0 fully saturated rings. The zero-order valence-corrected chi connectivity index (χ0v) is 24.1. The molecule has 1 amide bonds. The topological polar surface area (TPSA) is 64.8 Å². The van der Waals surface area contributed by atoms with E-state index < -0.39 is 5.91 Å². The third-order valence-corrected chi connectivity index (χ3v) is 7.25. The predicted octanol–water partition coefficient (Wildman–Crippen LogP) is 6.97. The summed E-state index contributed by atoms with van der Waals surface area (Å²) in [6, 6.07) is 13.4. The summed E-state index contributed by atoms with van der Waals surface area (Å²) in [4.78, 5) is 14.1. The first-order valence-corrected chi connectivity index (χ1v) is 14.2. The number of amides is 1. The fourth-order valence-electron chi connectivity index (χ4n) is 4.11. The van der Waals surface area contributed by atoms with Crippen molar-refractivity contribution in [2.75, 3.05) is 37.5 Å². The number of hydrogen-bond donors (Lipinski definition) is 2. The number of aryl methyl sites for hydroxylation is 1. The molecule has 0 saturated carbocycles. The largest absolute Gasteiger partial charge is 0.491 e. The number of ether oxygens (including phenoxy) is 2. The third-order valence-electron chi connectivity index (χ3n) is 6.39. The molecule has 5 nitrogen and oxygen atoms in total. The molecule has 0 aliphatic heterocycles. The minimum absolute atomic E-state index is 0.0815. The first-order valence-electron chi connectivity index (χ1n) is 13.2. The number of methoxy groups -OCH3 is 1. The first kappa shape index (κ1) is 31.1. The lowest BCUT2D eigenvalue weighted by molar-refractivity contribution is 0.1000. The number of nitrogens with two attached hydrogens (primary N) is 1.